The molecule has 0 aliphatic carbocycles. The topological polar surface area (TPSA) is 107 Å². The van der Waals surface area contributed by atoms with Gasteiger partial charge in [0.25, 0.3) is 5.91 Å². The highest BCUT2D eigenvalue weighted by atomic mass is 32.2. The zero-order valence-corrected chi connectivity index (χ0v) is 19.0. The van der Waals surface area contributed by atoms with Crippen LogP contribution in [-0.4, -0.2) is 40.6 Å². The first-order chi connectivity index (χ1) is 15.0. The van der Waals surface area contributed by atoms with Crippen LogP contribution >= 0.6 is 0 Å². The molecule has 2 N–H and O–H groups in total. The summed E-state index contributed by atoms with van der Waals surface area (Å²) in [7, 11) is -0.599. The zero-order valence-electron chi connectivity index (χ0n) is 18.1. The van der Waals surface area contributed by atoms with Crippen molar-refractivity contribution in [3.63, 3.8) is 0 Å². The largest absolute Gasteiger partial charge is 0.488 e. The fourth-order valence-corrected chi connectivity index (χ4v) is 5.31. The molecule has 0 spiro atoms. The summed E-state index contributed by atoms with van der Waals surface area (Å²) >= 11 is 0. The van der Waals surface area contributed by atoms with Crippen LogP contribution < -0.4 is 14.8 Å². The predicted octanol–water partition coefficient (Wildman–Crippen LogP) is 2.13. The van der Waals surface area contributed by atoms with Crippen molar-refractivity contribution >= 4 is 21.6 Å². The van der Waals surface area contributed by atoms with Gasteiger partial charge in [0.1, 0.15) is 23.1 Å². The van der Waals surface area contributed by atoms with Gasteiger partial charge in [-0.3, -0.25) is 4.79 Å². The van der Waals surface area contributed by atoms with E-state index in [2.05, 4.69) is 15.0 Å². The number of aryl methyl sites for hydroxylation is 3. The molecule has 4 rings (SSSR count). The van der Waals surface area contributed by atoms with E-state index in [0.29, 0.717) is 23.5 Å². The molecule has 1 aliphatic rings. The minimum atomic E-state index is -3.98. The number of amides is 1. The summed E-state index contributed by atoms with van der Waals surface area (Å²) in [4.78, 5) is 17.2. The van der Waals surface area contributed by atoms with E-state index in [4.69, 9.17) is 4.74 Å². The lowest BCUT2D eigenvalue weighted by molar-refractivity contribution is 0.101. The number of nitrogens with zero attached hydrogens (tertiary/aromatic N) is 3. The number of ether oxygens (including phenoxy) is 1. The van der Waals surface area contributed by atoms with Gasteiger partial charge in [-0.25, -0.2) is 22.5 Å². The molecular weight excluding hydrogens is 437 g/mol. The van der Waals surface area contributed by atoms with E-state index in [1.54, 1.807) is 37.9 Å². The fourth-order valence-electron chi connectivity index (χ4n) is 3.73. The molecule has 11 heteroatoms. The molecule has 1 aliphatic heterocycles. The van der Waals surface area contributed by atoms with Gasteiger partial charge in [0.05, 0.1) is 5.54 Å². The third-order valence-electron chi connectivity index (χ3n) is 5.41. The molecule has 0 bridgehead atoms. The third-order valence-corrected chi connectivity index (χ3v) is 7.04. The molecule has 32 heavy (non-hydrogen) atoms. The molecule has 1 aromatic carbocycles. The van der Waals surface area contributed by atoms with Gasteiger partial charge < -0.3 is 19.2 Å². The number of fused-ring (bicyclic) bond motifs is 1. The maximum Gasteiger partial charge on any atom is 0.276 e. The Hall–Kier alpha value is -3.18. The van der Waals surface area contributed by atoms with Crippen LogP contribution in [0.25, 0.3) is 0 Å². The number of sulfonamides is 1. The number of hydrogen-bond donors (Lipinski definition) is 2. The minimum absolute atomic E-state index is 0.00790. The highest BCUT2D eigenvalue weighted by Crippen LogP contribution is 2.35. The average molecular weight is 462 g/mol. The van der Waals surface area contributed by atoms with E-state index in [1.165, 1.54) is 29.0 Å². The third kappa shape index (κ3) is 4.00. The number of aromatic nitrogens is 3. The smallest absolute Gasteiger partial charge is 0.276 e. The minimum Gasteiger partial charge on any atom is -0.488 e. The first-order valence-electron chi connectivity index (χ1n) is 9.89. The van der Waals surface area contributed by atoms with E-state index >= 15 is 0 Å². The molecule has 1 amide bonds. The Morgan fingerprint density at radius 3 is 2.75 bits per heavy atom. The SMILES string of the molecule is Cc1cc(NC(=O)c2c3c(cn2C)S(=O)(=O)NC(C)(Cc2nccn2C)CO3)ccc1F. The van der Waals surface area contributed by atoms with Crippen LogP contribution in [0.5, 0.6) is 5.75 Å². The summed E-state index contributed by atoms with van der Waals surface area (Å²) in [5.74, 6) is -0.290. The molecule has 3 aromatic rings. The lowest BCUT2D eigenvalue weighted by Gasteiger charge is -2.27. The number of benzene rings is 1. The van der Waals surface area contributed by atoms with Gasteiger partial charge >= 0.3 is 0 Å². The van der Waals surface area contributed by atoms with E-state index in [9.17, 15) is 17.6 Å². The van der Waals surface area contributed by atoms with Crippen LogP contribution in [0, 0.1) is 12.7 Å². The van der Waals surface area contributed by atoms with Crippen LogP contribution in [0.2, 0.25) is 0 Å². The Labute approximate surface area is 185 Å². The molecule has 9 nitrogen and oxygen atoms in total. The van der Waals surface area contributed by atoms with Gasteiger partial charge in [0.15, 0.2) is 11.4 Å². The Balaban J connectivity index is 1.66. The molecule has 1 atom stereocenters. The van der Waals surface area contributed by atoms with E-state index < -0.39 is 21.5 Å². The van der Waals surface area contributed by atoms with Crippen LogP contribution in [0.1, 0.15) is 28.8 Å². The number of halogens is 1. The second kappa shape index (κ2) is 7.75. The maximum atomic E-state index is 13.5. The number of carbonyl (C=O) groups is 1. The molecule has 0 radical (unpaired) electrons. The summed E-state index contributed by atoms with van der Waals surface area (Å²) in [5.41, 5.74) is -0.169. The zero-order chi connectivity index (χ0) is 23.3. The maximum absolute atomic E-state index is 13.5. The number of rotatable bonds is 4. The molecule has 170 valence electrons. The normalized spacial score (nSPS) is 19.7. The average Bonchev–Trinajstić information content (AvgIpc) is 3.23. The van der Waals surface area contributed by atoms with Gasteiger partial charge in [-0.2, -0.15) is 0 Å². The number of anilines is 1. The number of nitrogens with one attached hydrogen (secondary N) is 2. The van der Waals surface area contributed by atoms with Gasteiger partial charge in [0.2, 0.25) is 10.0 Å². The van der Waals surface area contributed by atoms with Crippen LogP contribution in [0.3, 0.4) is 0 Å². The number of hydrogen-bond acceptors (Lipinski definition) is 5. The molecular formula is C21H24FN5O4S. The first-order valence-corrected chi connectivity index (χ1v) is 11.4. The van der Waals surface area contributed by atoms with Gasteiger partial charge in [0, 0.05) is 44.8 Å². The van der Waals surface area contributed by atoms with Crippen molar-refractivity contribution in [2.75, 3.05) is 11.9 Å². The van der Waals surface area contributed by atoms with E-state index in [1.807, 2.05) is 7.05 Å². The van der Waals surface area contributed by atoms with Crippen molar-refractivity contribution in [3.8, 4) is 5.75 Å². The number of imidazole rings is 1. The Morgan fingerprint density at radius 1 is 1.34 bits per heavy atom. The van der Waals surface area contributed by atoms with Crippen LogP contribution in [0.15, 0.2) is 41.7 Å². The van der Waals surface area contributed by atoms with Gasteiger partial charge in [-0.15, -0.1) is 0 Å². The summed E-state index contributed by atoms with van der Waals surface area (Å²) in [6.07, 6.45) is 5.05. The second-order valence-electron chi connectivity index (χ2n) is 8.29. The number of carbonyl (C=O) groups excluding carboxylic acids is 1. The summed E-state index contributed by atoms with van der Waals surface area (Å²) < 4.78 is 51.7. The quantitative estimate of drug-likeness (QED) is 0.619. The Kier molecular flexibility index (Phi) is 5.33. The first kappa shape index (κ1) is 22.0. The molecule has 1 unspecified atom stereocenters. The molecule has 3 heterocycles. The monoisotopic (exact) mass is 461 g/mol. The van der Waals surface area contributed by atoms with Crippen molar-refractivity contribution < 1.29 is 22.3 Å². The van der Waals surface area contributed by atoms with E-state index in [-0.39, 0.29) is 28.8 Å². The van der Waals surface area contributed by atoms with Gasteiger partial charge in [-0.1, -0.05) is 0 Å². The molecule has 0 saturated carbocycles. The Morgan fingerprint density at radius 2 is 2.09 bits per heavy atom. The molecule has 0 saturated heterocycles. The van der Waals surface area contributed by atoms with E-state index in [0.717, 1.165) is 0 Å². The predicted molar refractivity (Wildman–Crippen MR) is 116 cm³/mol. The van der Waals surface area contributed by atoms with Crippen molar-refractivity contribution in [2.45, 2.75) is 30.7 Å². The van der Waals surface area contributed by atoms with Crippen LogP contribution in [-0.2, 0) is 30.5 Å². The van der Waals surface area contributed by atoms with Gasteiger partial charge in [-0.05, 0) is 37.6 Å². The summed E-state index contributed by atoms with van der Waals surface area (Å²) in [6.45, 7) is 3.31. The van der Waals surface area contributed by atoms with Crippen molar-refractivity contribution in [1.29, 1.82) is 0 Å². The molecule has 2 aromatic heterocycles. The molecule has 0 fully saturated rings. The van der Waals surface area contributed by atoms with Crippen LogP contribution in [0.4, 0.5) is 10.1 Å². The van der Waals surface area contributed by atoms with Crippen molar-refractivity contribution in [3.05, 3.63) is 59.7 Å². The summed E-state index contributed by atoms with van der Waals surface area (Å²) in [6, 6.07) is 4.19. The fraction of sp³-hybridized carbons (Fsp3) is 0.333. The second-order valence-corrected chi connectivity index (χ2v) is 9.94. The Bertz CT molecular complexity index is 1310. The highest BCUT2D eigenvalue weighted by molar-refractivity contribution is 7.89. The lowest BCUT2D eigenvalue weighted by atomic mass is 10.00. The van der Waals surface area contributed by atoms with Crippen molar-refractivity contribution in [2.24, 2.45) is 14.1 Å². The summed E-state index contributed by atoms with van der Waals surface area (Å²) in [5, 5.41) is 2.68. The standard InChI is InChI=1S/C21H24FN5O4S/c1-13-9-14(5-6-15(13)22)24-20(28)18-19-16(11-27(18)4)32(29,30)25-21(2,12-31-19)10-17-23-7-8-26(17)3/h5-9,11,25H,10,12H2,1-4H3,(H,24,28). The highest BCUT2D eigenvalue weighted by Gasteiger charge is 2.40. The lowest BCUT2D eigenvalue weighted by Crippen LogP contribution is -2.50. The van der Waals surface area contributed by atoms with Crippen molar-refractivity contribution in [1.82, 2.24) is 18.8 Å².